The summed E-state index contributed by atoms with van der Waals surface area (Å²) < 4.78 is 10.9. The molecule has 0 bridgehead atoms. The molecule has 0 saturated heterocycles. The number of rotatable bonds is 2. The fourth-order valence-corrected chi connectivity index (χ4v) is 3.69. The molecule has 0 unspecified atom stereocenters. The first-order valence-electron chi connectivity index (χ1n) is 7.02. The van der Waals surface area contributed by atoms with E-state index in [-0.39, 0.29) is 5.92 Å². The van der Waals surface area contributed by atoms with Gasteiger partial charge in [0, 0.05) is 24.0 Å². The summed E-state index contributed by atoms with van der Waals surface area (Å²) in [6.07, 6.45) is 5.07. The van der Waals surface area contributed by atoms with Crippen molar-refractivity contribution in [3.05, 3.63) is 23.3 Å². The molecule has 0 amide bonds. The van der Waals surface area contributed by atoms with Gasteiger partial charge >= 0.3 is 0 Å². The average Bonchev–Trinajstić information content (AvgIpc) is 2.46. The summed E-state index contributed by atoms with van der Waals surface area (Å²) >= 11 is 0. The summed E-state index contributed by atoms with van der Waals surface area (Å²) in [4.78, 5) is 12.3. The Morgan fingerprint density at radius 3 is 2.47 bits per heavy atom. The largest absolute Gasteiger partial charge is 0.497 e. The standard InChI is InChI=1S/C16H20O3/c1-18-11-7-10-8-14(17)12-5-3-4-6-13(12)16(10)15(9-11)19-2/h7,9,12-13H,3-6,8H2,1-2H3/t12-,13+/m0/s1. The van der Waals surface area contributed by atoms with Crippen LogP contribution in [0.5, 0.6) is 11.5 Å². The zero-order chi connectivity index (χ0) is 13.4. The number of carbonyl (C=O) groups is 1. The van der Waals surface area contributed by atoms with E-state index < -0.39 is 0 Å². The van der Waals surface area contributed by atoms with E-state index >= 15 is 0 Å². The summed E-state index contributed by atoms with van der Waals surface area (Å²) in [6, 6.07) is 3.95. The number of carbonyl (C=O) groups excluding carboxylic acids is 1. The predicted octanol–water partition coefficient (Wildman–Crippen LogP) is 3.10. The van der Waals surface area contributed by atoms with Crippen molar-refractivity contribution < 1.29 is 14.3 Å². The Morgan fingerprint density at radius 1 is 1.05 bits per heavy atom. The number of hydrogen-bond donors (Lipinski definition) is 0. The first-order chi connectivity index (χ1) is 9.24. The molecule has 2 aliphatic carbocycles. The van der Waals surface area contributed by atoms with Crippen molar-refractivity contribution in [1.29, 1.82) is 0 Å². The van der Waals surface area contributed by atoms with Gasteiger partial charge in [0.25, 0.3) is 0 Å². The lowest BCUT2D eigenvalue weighted by molar-refractivity contribution is -0.124. The third-order valence-corrected chi connectivity index (χ3v) is 4.57. The van der Waals surface area contributed by atoms with Crippen LogP contribution >= 0.6 is 0 Å². The van der Waals surface area contributed by atoms with Crippen molar-refractivity contribution in [3.8, 4) is 11.5 Å². The average molecular weight is 260 g/mol. The monoisotopic (exact) mass is 260 g/mol. The number of ketones is 1. The first kappa shape index (κ1) is 12.5. The molecule has 2 aliphatic rings. The Bertz CT molecular complexity index is 507. The zero-order valence-corrected chi connectivity index (χ0v) is 11.6. The van der Waals surface area contributed by atoms with E-state index in [2.05, 4.69) is 0 Å². The lowest BCUT2D eigenvalue weighted by Gasteiger charge is -2.37. The second-order valence-corrected chi connectivity index (χ2v) is 5.54. The van der Waals surface area contributed by atoms with Gasteiger partial charge < -0.3 is 9.47 Å². The molecule has 102 valence electrons. The van der Waals surface area contributed by atoms with Crippen LogP contribution in [0.25, 0.3) is 0 Å². The summed E-state index contributed by atoms with van der Waals surface area (Å²) in [5, 5.41) is 0. The van der Waals surface area contributed by atoms with Gasteiger partial charge in [-0.2, -0.15) is 0 Å². The molecule has 0 aromatic heterocycles. The summed E-state index contributed by atoms with van der Waals surface area (Å²) in [5.41, 5.74) is 2.36. The summed E-state index contributed by atoms with van der Waals surface area (Å²) in [6.45, 7) is 0. The second kappa shape index (κ2) is 4.87. The lowest BCUT2D eigenvalue weighted by Crippen LogP contribution is -2.32. The molecule has 0 radical (unpaired) electrons. The molecule has 0 heterocycles. The number of fused-ring (bicyclic) bond motifs is 3. The smallest absolute Gasteiger partial charge is 0.140 e. The molecule has 1 saturated carbocycles. The summed E-state index contributed by atoms with van der Waals surface area (Å²) in [5.74, 6) is 2.62. The fraction of sp³-hybridized carbons (Fsp3) is 0.562. The lowest BCUT2D eigenvalue weighted by atomic mass is 9.67. The number of benzene rings is 1. The van der Waals surface area contributed by atoms with Gasteiger partial charge in [-0.05, 0) is 30.4 Å². The third-order valence-electron chi connectivity index (χ3n) is 4.57. The molecular formula is C16H20O3. The molecule has 3 rings (SSSR count). The van der Waals surface area contributed by atoms with E-state index in [4.69, 9.17) is 9.47 Å². The van der Waals surface area contributed by atoms with Gasteiger partial charge in [-0.25, -0.2) is 0 Å². The van der Waals surface area contributed by atoms with Crippen LogP contribution in [0.15, 0.2) is 12.1 Å². The molecule has 0 N–H and O–H groups in total. The maximum Gasteiger partial charge on any atom is 0.140 e. The van der Waals surface area contributed by atoms with Crippen LogP contribution in [0, 0.1) is 5.92 Å². The molecular weight excluding hydrogens is 240 g/mol. The van der Waals surface area contributed by atoms with E-state index in [0.29, 0.717) is 18.1 Å². The maximum absolute atomic E-state index is 12.3. The van der Waals surface area contributed by atoms with Crippen LogP contribution in [0.2, 0.25) is 0 Å². The Morgan fingerprint density at radius 2 is 1.79 bits per heavy atom. The maximum atomic E-state index is 12.3. The molecule has 3 nitrogen and oxygen atoms in total. The topological polar surface area (TPSA) is 35.5 Å². The minimum absolute atomic E-state index is 0.212. The van der Waals surface area contributed by atoms with Crippen molar-refractivity contribution in [3.63, 3.8) is 0 Å². The number of ether oxygens (including phenoxy) is 2. The van der Waals surface area contributed by atoms with E-state index in [1.165, 1.54) is 18.4 Å². The molecule has 19 heavy (non-hydrogen) atoms. The van der Waals surface area contributed by atoms with Gasteiger partial charge in [-0.3, -0.25) is 4.79 Å². The minimum Gasteiger partial charge on any atom is -0.497 e. The fourth-order valence-electron chi connectivity index (χ4n) is 3.69. The highest BCUT2D eigenvalue weighted by atomic mass is 16.5. The van der Waals surface area contributed by atoms with Crippen LogP contribution in [0.1, 0.15) is 42.7 Å². The predicted molar refractivity (Wildman–Crippen MR) is 73.0 cm³/mol. The second-order valence-electron chi connectivity index (χ2n) is 5.54. The Hall–Kier alpha value is -1.51. The van der Waals surface area contributed by atoms with E-state index in [1.807, 2.05) is 12.1 Å². The molecule has 1 aromatic carbocycles. The van der Waals surface area contributed by atoms with Gasteiger partial charge in [0.05, 0.1) is 14.2 Å². The quantitative estimate of drug-likeness (QED) is 0.819. The number of methoxy groups -OCH3 is 2. The number of hydrogen-bond acceptors (Lipinski definition) is 3. The Kier molecular flexibility index (Phi) is 3.21. The van der Waals surface area contributed by atoms with E-state index in [9.17, 15) is 4.79 Å². The van der Waals surface area contributed by atoms with Gasteiger partial charge in [0.2, 0.25) is 0 Å². The molecule has 0 aliphatic heterocycles. The van der Waals surface area contributed by atoms with Crippen molar-refractivity contribution in [2.75, 3.05) is 14.2 Å². The zero-order valence-electron chi connectivity index (χ0n) is 11.6. The molecule has 1 fully saturated rings. The number of Topliss-reactive ketones (excluding diaryl/α,β-unsaturated/α-hetero) is 1. The van der Waals surface area contributed by atoms with Crippen LogP contribution in [-0.4, -0.2) is 20.0 Å². The third kappa shape index (κ3) is 2.01. The van der Waals surface area contributed by atoms with Crippen LogP contribution in [0.4, 0.5) is 0 Å². The van der Waals surface area contributed by atoms with Gasteiger partial charge in [-0.15, -0.1) is 0 Å². The molecule has 0 spiro atoms. The van der Waals surface area contributed by atoms with Gasteiger partial charge in [0.1, 0.15) is 17.3 Å². The van der Waals surface area contributed by atoms with Crippen molar-refractivity contribution in [1.82, 2.24) is 0 Å². The normalized spacial score (nSPS) is 25.5. The summed E-state index contributed by atoms with van der Waals surface area (Å²) in [7, 11) is 3.35. The Balaban J connectivity index is 2.12. The molecule has 1 aromatic rings. The molecule has 2 atom stereocenters. The SMILES string of the molecule is COc1cc2c(c(OC)c1)[C@@H]1CCCC[C@@H]1C(=O)C2. The van der Waals surface area contributed by atoms with Crippen LogP contribution in [0.3, 0.4) is 0 Å². The van der Waals surface area contributed by atoms with E-state index in [1.54, 1.807) is 14.2 Å². The van der Waals surface area contributed by atoms with Gasteiger partial charge in [0.15, 0.2) is 0 Å². The van der Waals surface area contributed by atoms with Crippen LogP contribution in [-0.2, 0) is 11.2 Å². The van der Waals surface area contributed by atoms with Crippen molar-refractivity contribution >= 4 is 5.78 Å². The molecule has 3 heteroatoms. The highest BCUT2D eigenvalue weighted by Gasteiger charge is 2.39. The van der Waals surface area contributed by atoms with Gasteiger partial charge in [-0.1, -0.05) is 12.8 Å². The van der Waals surface area contributed by atoms with Crippen molar-refractivity contribution in [2.24, 2.45) is 5.92 Å². The Labute approximate surface area is 113 Å². The highest BCUT2D eigenvalue weighted by molar-refractivity contribution is 5.87. The van der Waals surface area contributed by atoms with Crippen LogP contribution < -0.4 is 9.47 Å². The first-order valence-corrected chi connectivity index (χ1v) is 7.02. The highest BCUT2D eigenvalue weighted by Crippen LogP contribution is 2.48. The van der Waals surface area contributed by atoms with Crippen molar-refractivity contribution in [2.45, 2.75) is 38.0 Å². The van der Waals surface area contributed by atoms with E-state index in [0.717, 1.165) is 29.9 Å². The minimum atomic E-state index is 0.212.